The van der Waals surface area contributed by atoms with Gasteiger partial charge in [-0.2, -0.15) is 0 Å². The van der Waals surface area contributed by atoms with Gasteiger partial charge in [-0.25, -0.2) is 15.0 Å². The van der Waals surface area contributed by atoms with E-state index in [1.165, 1.54) is 41.4 Å². The third kappa shape index (κ3) is 7.72. The van der Waals surface area contributed by atoms with Crippen molar-refractivity contribution in [1.82, 2.24) is 19.9 Å². The van der Waals surface area contributed by atoms with E-state index in [9.17, 15) is 4.79 Å². The van der Waals surface area contributed by atoms with E-state index in [0.717, 1.165) is 31.6 Å². The van der Waals surface area contributed by atoms with Gasteiger partial charge in [-0.15, -0.1) is 0 Å². The molecule has 0 unspecified atom stereocenters. The van der Waals surface area contributed by atoms with Crippen molar-refractivity contribution in [2.75, 3.05) is 16.5 Å². The molecule has 0 bridgehead atoms. The third-order valence-electron chi connectivity index (χ3n) is 6.77. The van der Waals surface area contributed by atoms with E-state index < -0.39 is 0 Å². The van der Waals surface area contributed by atoms with Gasteiger partial charge in [0.15, 0.2) is 5.78 Å². The lowest BCUT2D eigenvalue weighted by Gasteiger charge is -2.24. The molecule has 1 aliphatic heterocycles. The van der Waals surface area contributed by atoms with Crippen molar-refractivity contribution < 1.29 is 4.79 Å². The van der Waals surface area contributed by atoms with Crippen molar-refractivity contribution in [3.05, 3.63) is 64.6 Å². The topological polar surface area (TPSA) is 135 Å². The Kier molecular flexibility index (Phi) is 10.6. The molecule has 0 fully saturated rings. The number of carbonyl (C=O) groups excluding carboxylic acids is 1. The molecule has 6 N–H and O–H groups in total. The number of rotatable bonds is 10. The predicted molar refractivity (Wildman–Crippen MR) is 155 cm³/mol. The molecule has 38 heavy (non-hydrogen) atoms. The van der Waals surface area contributed by atoms with E-state index in [1.807, 2.05) is 13.1 Å². The summed E-state index contributed by atoms with van der Waals surface area (Å²) in [7, 11) is 0. The summed E-state index contributed by atoms with van der Waals surface area (Å²) >= 11 is 0. The van der Waals surface area contributed by atoms with Crippen LogP contribution in [0.2, 0.25) is 0 Å². The molecule has 0 radical (unpaired) electrons. The van der Waals surface area contributed by atoms with Crippen LogP contribution in [-0.4, -0.2) is 31.7 Å². The van der Waals surface area contributed by atoms with Crippen molar-refractivity contribution in [2.24, 2.45) is 5.84 Å². The van der Waals surface area contributed by atoms with Gasteiger partial charge in [0.25, 0.3) is 0 Å². The molecule has 204 valence electrons. The second-order valence-corrected chi connectivity index (χ2v) is 9.87. The van der Waals surface area contributed by atoms with Crippen LogP contribution in [0.25, 0.3) is 0 Å². The second-order valence-electron chi connectivity index (χ2n) is 9.87. The minimum Gasteiger partial charge on any atom is -0.382 e. The summed E-state index contributed by atoms with van der Waals surface area (Å²) in [6, 6.07) is 8.68. The number of benzene rings is 1. The standard InChI is InChI=1S/C19H26N4.C10H16N4O/c1-5-17(6-2)23-11-15-10-20-19(22-18(15)12-23)21-16-8-13(3)7-14(4)9-16;1-2-3-4-9(15)7-5-8(14-12)10(11)13-6-7/h7-10,17H,5-6,11-12H2,1-4H3,(H,20,21,22);5-6,14H,2-4,12H2,1H3,(H2,11,13). The first-order valence-corrected chi connectivity index (χ1v) is 13.5. The molecule has 1 aromatic carbocycles. The predicted octanol–water partition coefficient (Wildman–Crippen LogP) is 5.66. The number of nitrogens with one attached hydrogen (secondary N) is 2. The van der Waals surface area contributed by atoms with Gasteiger partial charge in [-0.1, -0.05) is 33.3 Å². The SMILES string of the molecule is CCC(CC)N1Cc2cnc(Nc3cc(C)cc(C)c3)nc2C1.CCCCC(=O)c1cnc(N)c(NN)c1. The Morgan fingerprint density at radius 1 is 1.03 bits per heavy atom. The van der Waals surface area contributed by atoms with Crippen molar-refractivity contribution >= 4 is 28.9 Å². The summed E-state index contributed by atoms with van der Waals surface area (Å²) in [6.07, 6.45) is 8.25. The quantitative estimate of drug-likeness (QED) is 0.152. The summed E-state index contributed by atoms with van der Waals surface area (Å²) < 4.78 is 0. The molecule has 3 heterocycles. The number of ketones is 1. The minimum atomic E-state index is 0.0702. The number of hydrogen-bond acceptors (Lipinski definition) is 9. The van der Waals surface area contributed by atoms with Gasteiger partial charge < -0.3 is 16.5 Å². The molecule has 4 rings (SSSR count). The van der Waals surface area contributed by atoms with Gasteiger partial charge in [0, 0.05) is 54.8 Å². The van der Waals surface area contributed by atoms with E-state index in [0.29, 0.717) is 35.5 Å². The van der Waals surface area contributed by atoms with Crippen LogP contribution in [0.3, 0.4) is 0 Å². The first-order valence-electron chi connectivity index (χ1n) is 13.5. The molecular weight excluding hydrogens is 476 g/mol. The van der Waals surface area contributed by atoms with E-state index in [1.54, 1.807) is 6.07 Å². The van der Waals surface area contributed by atoms with Crippen LogP contribution >= 0.6 is 0 Å². The van der Waals surface area contributed by atoms with E-state index in [4.69, 9.17) is 16.6 Å². The number of hydrazine groups is 1. The fourth-order valence-corrected chi connectivity index (χ4v) is 4.70. The lowest BCUT2D eigenvalue weighted by Crippen LogP contribution is -2.29. The molecule has 0 saturated carbocycles. The Labute approximate surface area is 226 Å². The van der Waals surface area contributed by atoms with Crippen molar-refractivity contribution in [2.45, 2.75) is 85.9 Å². The van der Waals surface area contributed by atoms with Crippen LogP contribution in [0, 0.1) is 13.8 Å². The Balaban J connectivity index is 0.000000232. The highest BCUT2D eigenvalue weighted by atomic mass is 16.1. The van der Waals surface area contributed by atoms with Crippen LogP contribution in [0.15, 0.2) is 36.7 Å². The highest BCUT2D eigenvalue weighted by Crippen LogP contribution is 2.26. The van der Waals surface area contributed by atoms with Crippen molar-refractivity contribution in [3.8, 4) is 0 Å². The molecule has 3 aromatic rings. The van der Waals surface area contributed by atoms with E-state index in [-0.39, 0.29) is 5.78 Å². The molecule has 0 aliphatic carbocycles. The number of nitrogen functional groups attached to an aromatic ring is 2. The zero-order valence-corrected chi connectivity index (χ0v) is 23.3. The van der Waals surface area contributed by atoms with Crippen LogP contribution in [-0.2, 0) is 13.1 Å². The summed E-state index contributed by atoms with van der Waals surface area (Å²) in [6.45, 7) is 12.7. The molecule has 9 nitrogen and oxygen atoms in total. The highest BCUT2D eigenvalue weighted by molar-refractivity contribution is 5.97. The summed E-state index contributed by atoms with van der Waals surface area (Å²) in [5, 5.41) is 3.35. The number of pyridine rings is 1. The third-order valence-corrected chi connectivity index (χ3v) is 6.77. The zero-order chi connectivity index (χ0) is 27.7. The van der Waals surface area contributed by atoms with Gasteiger partial charge in [0.2, 0.25) is 5.95 Å². The van der Waals surface area contributed by atoms with Crippen molar-refractivity contribution in [1.29, 1.82) is 0 Å². The first-order chi connectivity index (χ1) is 18.3. The number of nitrogens with zero attached hydrogens (tertiary/aromatic N) is 4. The Morgan fingerprint density at radius 3 is 2.37 bits per heavy atom. The molecule has 2 aromatic heterocycles. The number of Topliss-reactive ketones (excluding diaryl/α,β-unsaturated/α-hetero) is 1. The van der Waals surface area contributed by atoms with Gasteiger partial charge in [0.1, 0.15) is 5.82 Å². The Morgan fingerprint density at radius 2 is 1.74 bits per heavy atom. The number of aryl methyl sites for hydroxylation is 2. The lowest BCUT2D eigenvalue weighted by molar-refractivity contribution is 0.0979. The second kappa shape index (κ2) is 13.8. The number of nitrogens with two attached hydrogens (primary N) is 2. The van der Waals surface area contributed by atoms with Gasteiger partial charge in [0.05, 0.1) is 11.4 Å². The molecule has 0 amide bonds. The van der Waals surface area contributed by atoms with Gasteiger partial charge in [-0.3, -0.25) is 15.5 Å². The summed E-state index contributed by atoms with van der Waals surface area (Å²) in [5.74, 6) is 6.30. The molecule has 0 atom stereocenters. The van der Waals surface area contributed by atoms with Crippen LogP contribution in [0.1, 0.15) is 85.6 Å². The maximum Gasteiger partial charge on any atom is 0.227 e. The number of anilines is 4. The monoisotopic (exact) mass is 518 g/mol. The number of unbranched alkanes of at least 4 members (excludes halogenated alkanes) is 1. The number of aromatic nitrogens is 3. The first kappa shape index (κ1) is 29.0. The largest absolute Gasteiger partial charge is 0.382 e. The fraction of sp³-hybridized carbons (Fsp3) is 0.448. The fourth-order valence-electron chi connectivity index (χ4n) is 4.70. The average Bonchev–Trinajstić information content (AvgIpc) is 3.31. The van der Waals surface area contributed by atoms with E-state index >= 15 is 0 Å². The average molecular weight is 519 g/mol. The van der Waals surface area contributed by atoms with E-state index in [2.05, 4.69) is 71.5 Å². The summed E-state index contributed by atoms with van der Waals surface area (Å²) in [4.78, 5) is 27.3. The Bertz CT molecular complexity index is 1200. The molecular formula is C29H42N8O. The maximum atomic E-state index is 11.6. The molecule has 9 heteroatoms. The normalized spacial score (nSPS) is 12.6. The molecule has 0 spiro atoms. The lowest BCUT2D eigenvalue weighted by atomic mass is 10.1. The maximum absolute atomic E-state index is 11.6. The summed E-state index contributed by atoms with van der Waals surface area (Å²) in [5.41, 5.74) is 14.9. The number of carbonyl (C=O) groups is 1. The number of hydrogen-bond donors (Lipinski definition) is 4. The van der Waals surface area contributed by atoms with Crippen molar-refractivity contribution in [3.63, 3.8) is 0 Å². The van der Waals surface area contributed by atoms with Gasteiger partial charge in [-0.05, 0) is 62.4 Å². The Hall–Kier alpha value is -3.56. The highest BCUT2D eigenvalue weighted by Gasteiger charge is 2.25. The molecule has 1 aliphatic rings. The van der Waals surface area contributed by atoms with Crippen LogP contribution in [0.4, 0.5) is 23.1 Å². The van der Waals surface area contributed by atoms with Crippen LogP contribution < -0.4 is 22.3 Å². The van der Waals surface area contributed by atoms with Gasteiger partial charge >= 0.3 is 0 Å². The minimum absolute atomic E-state index is 0.0702. The number of fused-ring (bicyclic) bond motifs is 1. The smallest absolute Gasteiger partial charge is 0.227 e. The zero-order valence-electron chi connectivity index (χ0n) is 23.3. The van der Waals surface area contributed by atoms with Crippen LogP contribution in [0.5, 0.6) is 0 Å². The molecule has 0 saturated heterocycles.